The number of aromatic nitrogens is 1. The molecule has 110 valence electrons. The van der Waals surface area contributed by atoms with E-state index in [0.717, 1.165) is 5.56 Å². The molecule has 6 heteroatoms. The summed E-state index contributed by atoms with van der Waals surface area (Å²) in [6, 6.07) is 12.0. The molecule has 2 rings (SSSR count). The van der Waals surface area contributed by atoms with Crippen molar-refractivity contribution in [3.05, 3.63) is 58.7 Å². The molecule has 0 amide bonds. The molecule has 0 saturated heterocycles. The predicted octanol–water partition coefficient (Wildman–Crippen LogP) is 2.75. The van der Waals surface area contributed by atoms with Crippen LogP contribution in [0.4, 0.5) is 5.82 Å². The van der Waals surface area contributed by atoms with Crippen LogP contribution in [-0.4, -0.2) is 27.8 Å². The van der Waals surface area contributed by atoms with Crippen LogP contribution in [-0.2, 0) is 5.54 Å². The number of aromatic carboxylic acids is 1. The maximum atomic E-state index is 11.0. The number of pyridine rings is 1. The molecule has 0 aliphatic rings. The van der Waals surface area contributed by atoms with Crippen LogP contribution in [0.2, 0.25) is 5.15 Å². The van der Waals surface area contributed by atoms with E-state index >= 15 is 0 Å². The van der Waals surface area contributed by atoms with E-state index in [4.69, 9.17) is 16.7 Å². The Balaban J connectivity index is 2.37. The second-order valence-corrected chi connectivity index (χ2v) is 5.24. The monoisotopic (exact) mass is 306 g/mol. The van der Waals surface area contributed by atoms with E-state index in [2.05, 4.69) is 10.3 Å². The van der Waals surface area contributed by atoms with Gasteiger partial charge in [0.25, 0.3) is 0 Å². The van der Waals surface area contributed by atoms with Crippen molar-refractivity contribution >= 4 is 23.4 Å². The molecular formula is C15H15ClN2O3. The van der Waals surface area contributed by atoms with Crippen molar-refractivity contribution in [2.45, 2.75) is 12.5 Å². The zero-order valence-electron chi connectivity index (χ0n) is 11.4. The van der Waals surface area contributed by atoms with E-state index in [1.54, 1.807) is 6.92 Å². The van der Waals surface area contributed by atoms with E-state index in [1.807, 2.05) is 30.3 Å². The summed E-state index contributed by atoms with van der Waals surface area (Å²) in [4.78, 5) is 15.1. The predicted molar refractivity (Wildman–Crippen MR) is 80.7 cm³/mol. The van der Waals surface area contributed by atoms with Crippen molar-refractivity contribution in [3.63, 3.8) is 0 Å². The summed E-state index contributed by atoms with van der Waals surface area (Å²) in [5.74, 6) is -0.798. The number of hydrogen-bond donors (Lipinski definition) is 3. The average Bonchev–Trinajstić information content (AvgIpc) is 2.47. The molecule has 1 atom stereocenters. The lowest BCUT2D eigenvalue weighted by Crippen LogP contribution is -2.36. The van der Waals surface area contributed by atoms with Crippen LogP contribution in [0.3, 0.4) is 0 Å². The van der Waals surface area contributed by atoms with Crippen molar-refractivity contribution in [2.75, 3.05) is 11.9 Å². The highest BCUT2D eigenvalue weighted by atomic mass is 35.5. The number of halogens is 1. The Labute approximate surface area is 127 Å². The summed E-state index contributed by atoms with van der Waals surface area (Å²) in [6.07, 6.45) is 0. The summed E-state index contributed by atoms with van der Waals surface area (Å²) in [5, 5.41) is 21.9. The first-order valence-corrected chi connectivity index (χ1v) is 6.68. The fourth-order valence-electron chi connectivity index (χ4n) is 1.98. The summed E-state index contributed by atoms with van der Waals surface area (Å²) in [5.41, 5.74) is 0.0892. The van der Waals surface area contributed by atoms with Gasteiger partial charge in [-0.15, -0.1) is 0 Å². The number of aliphatic hydroxyl groups excluding tert-OH is 1. The van der Waals surface area contributed by atoms with Crippen LogP contribution in [0, 0.1) is 0 Å². The normalized spacial score (nSPS) is 13.5. The number of aliphatic hydroxyl groups is 1. The van der Waals surface area contributed by atoms with E-state index in [1.165, 1.54) is 12.1 Å². The molecule has 0 aliphatic heterocycles. The standard InChI is InChI=1S/C15H15ClN2O3/c1-15(9-19,11-5-3-2-4-6-11)18-13-8-10(14(20)21)7-12(16)17-13/h2-8,19H,9H2,1H3,(H,17,18)(H,20,21). The van der Waals surface area contributed by atoms with E-state index in [0.29, 0.717) is 5.82 Å². The molecule has 1 aromatic heterocycles. The largest absolute Gasteiger partial charge is 0.478 e. The molecule has 0 saturated carbocycles. The fraction of sp³-hybridized carbons (Fsp3) is 0.200. The Bertz CT molecular complexity index is 649. The molecule has 0 spiro atoms. The number of hydrogen-bond acceptors (Lipinski definition) is 4. The maximum Gasteiger partial charge on any atom is 0.335 e. The minimum absolute atomic E-state index is 0.0332. The maximum absolute atomic E-state index is 11.0. The number of carboxylic acid groups (broad SMARTS) is 1. The third-order valence-corrected chi connectivity index (χ3v) is 3.37. The van der Waals surface area contributed by atoms with E-state index in [-0.39, 0.29) is 17.3 Å². The zero-order valence-corrected chi connectivity index (χ0v) is 12.1. The van der Waals surface area contributed by atoms with Gasteiger partial charge in [0.15, 0.2) is 0 Å². The Morgan fingerprint density at radius 3 is 2.57 bits per heavy atom. The average molecular weight is 307 g/mol. The minimum atomic E-state index is -1.09. The van der Waals surface area contributed by atoms with Gasteiger partial charge >= 0.3 is 5.97 Å². The number of nitrogens with one attached hydrogen (secondary N) is 1. The summed E-state index contributed by atoms with van der Waals surface area (Å²) in [7, 11) is 0. The molecule has 0 aliphatic carbocycles. The van der Waals surface area contributed by atoms with Crippen molar-refractivity contribution < 1.29 is 15.0 Å². The van der Waals surface area contributed by atoms with E-state index in [9.17, 15) is 9.90 Å². The zero-order chi connectivity index (χ0) is 15.5. The lowest BCUT2D eigenvalue weighted by atomic mass is 9.93. The van der Waals surface area contributed by atoms with Crippen LogP contribution in [0.1, 0.15) is 22.8 Å². The summed E-state index contributed by atoms with van der Waals surface area (Å²) in [6.45, 7) is 1.61. The number of rotatable bonds is 5. The molecule has 0 bridgehead atoms. The van der Waals surface area contributed by atoms with Crippen molar-refractivity contribution in [2.24, 2.45) is 0 Å². The fourth-order valence-corrected chi connectivity index (χ4v) is 2.18. The molecular weight excluding hydrogens is 292 g/mol. The smallest absolute Gasteiger partial charge is 0.335 e. The van der Waals surface area contributed by atoms with Gasteiger partial charge in [0.2, 0.25) is 0 Å². The van der Waals surface area contributed by atoms with Gasteiger partial charge in [0, 0.05) is 0 Å². The number of carbonyl (C=O) groups is 1. The number of carboxylic acids is 1. The number of nitrogens with zero attached hydrogens (tertiary/aromatic N) is 1. The highest BCUT2D eigenvalue weighted by Crippen LogP contribution is 2.26. The molecule has 1 heterocycles. The first-order chi connectivity index (χ1) is 9.94. The Morgan fingerprint density at radius 1 is 1.33 bits per heavy atom. The summed E-state index contributed by atoms with van der Waals surface area (Å²) >= 11 is 5.84. The third-order valence-electron chi connectivity index (χ3n) is 3.17. The summed E-state index contributed by atoms with van der Waals surface area (Å²) < 4.78 is 0. The van der Waals surface area contributed by atoms with Gasteiger partial charge in [-0.25, -0.2) is 9.78 Å². The molecule has 1 unspecified atom stereocenters. The number of anilines is 1. The van der Waals surface area contributed by atoms with Crippen LogP contribution in [0.5, 0.6) is 0 Å². The molecule has 5 nitrogen and oxygen atoms in total. The first kappa shape index (κ1) is 15.3. The van der Waals surface area contributed by atoms with Gasteiger partial charge in [0.05, 0.1) is 17.7 Å². The highest BCUT2D eigenvalue weighted by molar-refractivity contribution is 6.29. The van der Waals surface area contributed by atoms with Gasteiger partial charge in [-0.05, 0) is 24.6 Å². The highest BCUT2D eigenvalue weighted by Gasteiger charge is 2.26. The molecule has 3 N–H and O–H groups in total. The molecule has 0 radical (unpaired) electrons. The molecule has 0 fully saturated rings. The second-order valence-electron chi connectivity index (χ2n) is 4.85. The van der Waals surface area contributed by atoms with Gasteiger partial charge in [-0.3, -0.25) is 0 Å². The molecule has 21 heavy (non-hydrogen) atoms. The van der Waals surface area contributed by atoms with E-state index < -0.39 is 11.5 Å². The lowest BCUT2D eigenvalue weighted by Gasteiger charge is -2.30. The minimum Gasteiger partial charge on any atom is -0.478 e. The SMILES string of the molecule is CC(CO)(Nc1cc(C(=O)O)cc(Cl)n1)c1ccccc1. The van der Waals surface area contributed by atoms with Crippen molar-refractivity contribution in [1.82, 2.24) is 4.98 Å². The number of benzene rings is 1. The van der Waals surface area contributed by atoms with Gasteiger partial charge in [0.1, 0.15) is 11.0 Å². The second kappa shape index (κ2) is 6.11. The van der Waals surface area contributed by atoms with Gasteiger partial charge in [-0.1, -0.05) is 41.9 Å². The third kappa shape index (κ3) is 3.51. The Hall–Kier alpha value is -2.11. The lowest BCUT2D eigenvalue weighted by molar-refractivity contribution is 0.0697. The van der Waals surface area contributed by atoms with Crippen molar-refractivity contribution in [3.8, 4) is 0 Å². The van der Waals surface area contributed by atoms with Crippen LogP contribution >= 0.6 is 11.6 Å². The van der Waals surface area contributed by atoms with Gasteiger partial charge < -0.3 is 15.5 Å². The quantitative estimate of drug-likeness (QED) is 0.740. The van der Waals surface area contributed by atoms with Crippen molar-refractivity contribution in [1.29, 1.82) is 0 Å². The van der Waals surface area contributed by atoms with Gasteiger partial charge in [-0.2, -0.15) is 0 Å². The van der Waals surface area contributed by atoms with Crippen LogP contribution in [0.15, 0.2) is 42.5 Å². The Morgan fingerprint density at radius 2 is 2.00 bits per heavy atom. The molecule has 2 aromatic rings. The van der Waals surface area contributed by atoms with Crippen LogP contribution in [0.25, 0.3) is 0 Å². The first-order valence-electron chi connectivity index (χ1n) is 6.30. The topological polar surface area (TPSA) is 82.5 Å². The molecule has 1 aromatic carbocycles. The van der Waals surface area contributed by atoms with Crippen LogP contribution < -0.4 is 5.32 Å². The Kier molecular flexibility index (Phi) is 4.45.